The largest absolute Gasteiger partial charge is 0.322 e. The fourth-order valence-electron chi connectivity index (χ4n) is 2.24. The number of carbonyl (C=O) groups is 2. The van der Waals surface area contributed by atoms with Crippen LogP contribution in [0.3, 0.4) is 0 Å². The molecule has 7 heteroatoms. The number of quaternary nitrogens is 1. The van der Waals surface area contributed by atoms with Crippen molar-refractivity contribution in [1.82, 2.24) is 0 Å². The van der Waals surface area contributed by atoms with Gasteiger partial charge in [0.15, 0.2) is 13.1 Å². The minimum atomic E-state index is -0.474. The van der Waals surface area contributed by atoms with Crippen LogP contribution in [0.15, 0.2) is 42.5 Å². The Balaban J connectivity index is 1.82. The number of rotatable bonds is 6. The van der Waals surface area contributed by atoms with Crippen molar-refractivity contribution in [3.63, 3.8) is 0 Å². The minimum absolute atomic E-state index is 0.0784. The molecule has 2 aromatic carbocycles. The number of nitrogens with one attached hydrogen (secondary N) is 3. The summed E-state index contributed by atoms with van der Waals surface area (Å²) in [6, 6.07) is 11.2. The first-order valence-electron chi connectivity index (χ1n) is 7.76. The molecule has 0 radical (unpaired) electrons. The van der Waals surface area contributed by atoms with E-state index in [1.807, 2.05) is 31.2 Å². The Bertz CT molecular complexity index is 765. The van der Waals surface area contributed by atoms with Gasteiger partial charge in [0.2, 0.25) is 0 Å². The molecule has 0 aliphatic heterocycles. The molecule has 0 heterocycles. The van der Waals surface area contributed by atoms with Crippen LogP contribution in [0, 0.1) is 12.7 Å². The number of hydrogen-bond donors (Lipinski definition) is 3. The summed E-state index contributed by atoms with van der Waals surface area (Å²) in [5.41, 5.74) is 2.16. The lowest BCUT2D eigenvalue weighted by Crippen LogP contribution is -3.11. The Kier molecular flexibility index (Phi) is 6.50. The first kappa shape index (κ1) is 18.9. The first-order valence-corrected chi connectivity index (χ1v) is 8.14. The molecule has 2 aromatic rings. The molecule has 0 fully saturated rings. The molecule has 1 unspecified atom stereocenters. The summed E-state index contributed by atoms with van der Waals surface area (Å²) in [5.74, 6) is -0.971. The molecule has 5 nitrogen and oxygen atoms in total. The molecule has 0 saturated heterocycles. The zero-order valence-electron chi connectivity index (χ0n) is 14.0. The van der Waals surface area contributed by atoms with Crippen LogP contribution in [0.1, 0.15) is 5.56 Å². The number of halogens is 2. The lowest BCUT2D eigenvalue weighted by molar-refractivity contribution is -0.862. The number of amides is 2. The van der Waals surface area contributed by atoms with Crippen molar-refractivity contribution < 1.29 is 18.9 Å². The summed E-state index contributed by atoms with van der Waals surface area (Å²) >= 11 is 5.87. The lowest BCUT2D eigenvalue weighted by Gasteiger charge is -2.14. The fraction of sp³-hybridized carbons (Fsp3) is 0.222. The summed E-state index contributed by atoms with van der Waals surface area (Å²) in [6.07, 6.45) is 0. The van der Waals surface area contributed by atoms with Gasteiger partial charge in [0.05, 0.1) is 17.8 Å². The molecule has 0 aliphatic carbocycles. The zero-order chi connectivity index (χ0) is 18.4. The highest BCUT2D eigenvalue weighted by atomic mass is 35.5. The smallest absolute Gasteiger partial charge is 0.279 e. The van der Waals surface area contributed by atoms with Crippen LogP contribution in [0.4, 0.5) is 15.8 Å². The molecule has 132 valence electrons. The number of aryl methyl sites for hydroxylation is 1. The Morgan fingerprint density at radius 1 is 1.04 bits per heavy atom. The summed E-state index contributed by atoms with van der Waals surface area (Å²) in [7, 11) is 1.74. The zero-order valence-corrected chi connectivity index (χ0v) is 14.8. The number of likely N-dealkylation sites (N-methyl/N-ethyl adjacent to an activating group) is 1. The normalized spacial score (nSPS) is 11.7. The van der Waals surface area contributed by atoms with Crippen LogP contribution in [0.25, 0.3) is 0 Å². The molecule has 0 saturated carbocycles. The second-order valence-electron chi connectivity index (χ2n) is 5.90. The Morgan fingerprint density at radius 3 is 2.24 bits per heavy atom. The third-order valence-electron chi connectivity index (χ3n) is 3.47. The molecule has 2 amide bonds. The highest BCUT2D eigenvalue weighted by Crippen LogP contribution is 2.21. The molecule has 0 spiro atoms. The molecular weight excluding hydrogens is 345 g/mol. The van der Waals surface area contributed by atoms with Gasteiger partial charge in [-0.1, -0.05) is 29.3 Å². The maximum absolute atomic E-state index is 13.0. The average molecular weight is 365 g/mol. The Hall–Kier alpha value is -2.44. The van der Waals surface area contributed by atoms with Crippen LogP contribution in [0.2, 0.25) is 5.02 Å². The van der Waals surface area contributed by atoms with Gasteiger partial charge in [-0.05, 0) is 37.3 Å². The van der Waals surface area contributed by atoms with E-state index in [2.05, 4.69) is 10.6 Å². The van der Waals surface area contributed by atoms with Crippen molar-refractivity contribution >= 4 is 34.8 Å². The van der Waals surface area contributed by atoms with E-state index in [1.165, 1.54) is 12.1 Å². The van der Waals surface area contributed by atoms with Gasteiger partial charge in [0.1, 0.15) is 5.82 Å². The van der Waals surface area contributed by atoms with E-state index in [0.29, 0.717) is 16.3 Å². The Labute approximate surface area is 150 Å². The van der Waals surface area contributed by atoms with Crippen molar-refractivity contribution in [2.24, 2.45) is 0 Å². The SMILES string of the molecule is Cc1ccc(NC(=O)C[NH+](C)CC(=O)Nc2ccc(F)cc2Cl)cc1. The predicted octanol–water partition coefficient (Wildman–Crippen LogP) is 1.88. The molecule has 25 heavy (non-hydrogen) atoms. The van der Waals surface area contributed by atoms with E-state index in [4.69, 9.17) is 11.6 Å². The molecule has 0 bridgehead atoms. The molecule has 0 aliphatic rings. The standard InChI is InChI=1S/C18H19ClFN3O2/c1-12-3-6-14(7-4-12)21-17(24)10-23(2)11-18(25)22-16-8-5-13(20)9-15(16)19/h3-9H,10-11H2,1-2H3,(H,21,24)(H,22,25)/p+1. The van der Waals surface area contributed by atoms with E-state index in [0.717, 1.165) is 11.6 Å². The Morgan fingerprint density at radius 2 is 1.64 bits per heavy atom. The molecular formula is C18H20ClFN3O2+. The maximum atomic E-state index is 13.0. The highest BCUT2D eigenvalue weighted by molar-refractivity contribution is 6.33. The number of carbonyl (C=O) groups excluding carboxylic acids is 2. The predicted molar refractivity (Wildman–Crippen MR) is 96.5 cm³/mol. The van der Waals surface area contributed by atoms with Crippen molar-refractivity contribution in [1.29, 1.82) is 0 Å². The molecule has 3 N–H and O–H groups in total. The quantitative estimate of drug-likeness (QED) is 0.733. The summed E-state index contributed by atoms with van der Waals surface area (Å²) in [4.78, 5) is 24.7. The van der Waals surface area contributed by atoms with Gasteiger partial charge >= 0.3 is 0 Å². The second-order valence-corrected chi connectivity index (χ2v) is 6.30. The van der Waals surface area contributed by atoms with E-state index in [9.17, 15) is 14.0 Å². The summed E-state index contributed by atoms with van der Waals surface area (Å²) in [5, 5.41) is 5.52. The average Bonchev–Trinajstić information content (AvgIpc) is 2.52. The monoisotopic (exact) mass is 364 g/mol. The van der Waals surface area contributed by atoms with Gasteiger partial charge in [-0.25, -0.2) is 4.39 Å². The van der Waals surface area contributed by atoms with Crippen molar-refractivity contribution in [3.05, 3.63) is 58.9 Å². The molecule has 0 aromatic heterocycles. The number of anilines is 2. The van der Waals surface area contributed by atoms with E-state index in [1.54, 1.807) is 7.05 Å². The molecule has 1 atom stereocenters. The first-order chi connectivity index (χ1) is 11.8. The van der Waals surface area contributed by atoms with Crippen LogP contribution in [0.5, 0.6) is 0 Å². The fourth-order valence-corrected chi connectivity index (χ4v) is 2.45. The maximum Gasteiger partial charge on any atom is 0.279 e. The lowest BCUT2D eigenvalue weighted by atomic mass is 10.2. The van der Waals surface area contributed by atoms with E-state index < -0.39 is 5.82 Å². The third kappa shape index (κ3) is 6.17. The van der Waals surface area contributed by atoms with Gasteiger partial charge in [-0.15, -0.1) is 0 Å². The van der Waals surface area contributed by atoms with Gasteiger partial charge in [0, 0.05) is 5.69 Å². The van der Waals surface area contributed by atoms with Crippen LogP contribution < -0.4 is 15.5 Å². The van der Waals surface area contributed by atoms with Crippen LogP contribution in [-0.4, -0.2) is 32.0 Å². The van der Waals surface area contributed by atoms with Gasteiger partial charge in [-0.2, -0.15) is 0 Å². The van der Waals surface area contributed by atoms with Crippen LogP contribution >= 0.6 is 11.6 Å². The topological polar surface area (TPSA) is 62.6 Å². The highest BCUT2D eigenvalue weighted by Gasteiger charge is 2.15. The third-order valence-corrected chi connectivity index (χ3v) is 3.78. The number of benzene rings is 2. The van der Waals surface area contributed by atoms with Crippen molar-refractivity contribution in [3.8, 4) is 0 Å². The van der Waals surface area contributed by atoms with E-state index in [-0.39, 0.29) is 29.9 Å². The summed E-state index contributed by atoms with van der Waals surface area (Å²) in [6.45, 7) is 2.18. The number of hydrogen-bond acceptors (Lipinski definition) is 2. The second kappa shape index (κ2) is 8.60. The van der Waals surface area contributed by atoms with E-state index >= 15 is 0 Å². The van der Waals surface area contributed by atoms with Gasteiger partial charge in [0.25, 0.3) is 11.8 Å². The van der Waals surface area contributed by atoms with Crippen LogP contribution in [-0.2, 0) is 9.59 Å². The molecule has 2 rings (SSSR count). The van der Waals surface area contributed by atoms with Gasteiger partial charge < -0.3 is 15.5 Å². The minimum Gasteiger partial charge on any atom is -0.322 e. The van der Waals surface area contributed by atoms with Crippen molar-refractivity contribution in [2.45, 2.75) is 6.92 Å². The van der Waals surface area contributed by atoms with Gasteiger partial charge in [-0.3, -0.25) is 9.59 Å². The van der Waals surface area contributed by atoms with Crippen molar-refractivity contribution in [2.75, 3.05) is 30.8 Å². The summed E-state index contributed by atoms with van der Waals surface area (Å²) < 4.78 is 13.0.